The summed E-state index contributed by atoms with van der Waals surface area (Å²) in [4.78, 5) is 20.8. The molecule has 0 fully saturated rings. The van der Waals surface area contributed by atoms with Gasteiger partial charge in [0.25, 0.3) is 5.91 Å². The molecule has 0 bridgehead atoms. The fourth-order valence-electron chi connectivity index (χ4n) is 2.27. The molecule has 0 aromatic carbocycles. The van der Waals surface area contributed by atoms with Crippen molar-refractivity contribution in [1.82, 2.24) is 24.9 Å². The molecule has 3 aromatic rings. The molecular weight excluding hydrogens is 335 g/mol. The number of aromatic nitrogens is 4. The normalized spacial score (nSPS) is 13.0. The highest BCUT2D eigenvalue weighted by Gasteiger charge is 2.37. The lowest BCUT2D eigenvalue weighted by Gasteiger charge is -2.16. The first-order valence-electron chi connectivity index (χ1n) is 7.41. The number of halogens is 3. The quantitative estimate of drug-likeness (QED) is 0.789. The summed E-state index contributed by atoms with van der Waals surface area (Å²) < 4.78 is 39.4. The summed E-state index contributed by atoms with van der Waals surface area (Å²) in [5.74, 6) is -0.884. The number of nitrogens with zero attached hydrogens (tertiary/aromatic N) is 4. The zero-order valence-electron chi connectivity index (χ0n) is 13.4. The largest absolute Gasteiger partial charge is 0.408 e. The highest BCUT2D eigenvalue weighted by atomic mass is 19.4. The third-order valence-electron chi connectivity index (χ3n) is 3.66. The molecule has 0 spiro atoms. The number of hydrogen-bond acceptors (Lipinski definition) is 4. The minimum atomic E-state index is -4.53. The van der Waals surface area contributed by atoms with Crippen molar-refractivity contribution >= 4 is 11.6 Å². The van der Waals surface area contributed by atoms with Crippen LogP contribution in [0.5, 0.6) is 0 Å². The summed E-state index contributed by atoms with van der Waals surface area (Å²) in [6, 6.07) is 5.06. The van der Waals surface area contributed by atoms with E-state index in [1.54, 1.807) is 37.4 Å². The van der Waals surface area contributed by atoms with Gasteiger partial charge >= 0.3 is 6.18 Å². The average molecular weight is 349 g/mol. The van der Waals surface area contributed by atoms with E-state index in [1.807, 2.05) is 5.32 Å². The summed E-state index contributed by atoms with van der Waals surface area (Å²) in [6.45, 7) is 2.63. The minimum Gasteiger partial charge on any atom is -0.340 e. The summed E-state index contributed by atoms with van der Waals surface area (Å²) in [5, 5.41) is 5.96. The van der Waals surface area contributed by atoms with Gasteiger partial charge in [0.2, 0.25) is 0 Å². The topological polar surface area (TPSA) is 72.2 Å². The predicted octanol–water partition coefficient (Wildman–Crippen LogP) is 2.78. The van der Waals surface area contributed by atoms with Gasteiger partial charge in [0.05, 0.1) is 17.6 Å². The van der Waals surface area contributed by atoms with E-state index in [4.69, 9.17) is 0 Å². The molecule has 1 amide bonds. The lowest BCUT2D eigenvalue weighted by molar-refractivity contribution is -0.149. The first kappa shape index (κ1) is 16.9. The Balaban J connectivity index is 2.03. The van der Waals surface area contributed by atoms with E-state index in [9.17, 15) is 18.0 Å². The van der Waals surface area contributed by atoms with Crippen LogP contribution in [0.2, 0.25) is 0 Å². The van der Waals surface area contributed by atoms with Gasteiger partial charge in [-0.05, 0) is 32.0 Å². The van der Waals surface area contributed by atoms with Crippen molar-refractivity contribution in [3.05, 3.63) is 47.9 Å². The molecule has 9 heteroatoms. The van der Waals surface area contributed by atoms with Crippen molar-refractivity contribution in [1.29, 1.82) is 0 Å². The molecule has 3 heterocycles. The number of rotatable bonds is 3. The zero-order valence-corrected chi connectivity index (χ0v) is 13.4. The summed E-state index contributed by atoms with van der Waals surface area (Å²) in [6.07, 6.45) is -1.72. The maximum absolute atomic E-state index is 12.7. The summed E-state index contributed by atoms with van der Waals surface area (Å²) in [7, 11) is 0. The summed E-state index contributed by atoms with van der Waals surface area (Å²) >= 11 is 0. The number of hydrogen-bond donors (Lipinski definition) is 1. The van der Waals surface area contributed by atoms with E-state index in [0.717, 1.165) is 6.92 Å². The molecule has 0 aliphatic rings. The molecule has 1 atom stereocenters. The van der Waals surface area contributed by atoms with Crippen molar-refractivity contribution in [2.24, 2.45) is 0 Å². The van der Waals surface area contributed by atoms with Crippen LogP contribution >= 0.6 is 0 Å². The van der Waals surface area contributed by atoms with Gasteiger partial charge < -0.3 is 5.32 Å². The maximum Gasteiger partial charge on any atom is 0.408 e. The van der Waals surface area contributed by atoms with Crippen molar-refractivity contribution in [3.8, 4) is 11.4 Å². The Morgan fingerprint density at radius 3 is 2.68 bits per heavy atom. The minimum absolute atomic E-state index is 0.0306. The average Bonchev–Trinajstić information content (AvgIpc) is 2.99. The van der Waals surface area contributed by atoms with Crippen LogP contribution in [0.1, 0.15) is 23.0 Å². The summed E-state index contributed by atoms with van der Waals surface area (Å²) in [5.41, 5.74) is 1.91. The van der Waals surface area contributed by atoms with Crippen LogP contribution in [-0.2, 0) is 0 Å². The van der Waals surface area contributed by atoms with Crippen LogP contribution in [0, 0.1) is 6.92 Å². The van der Waals surface area contributed by atoms with Crippen molar-refractivity contribution in [2.45, 2.75) is 26.1 Å². The predicted molar refractivity (Wildman–Crippen MR) is 83.9 cm³/mol. The van der Waals surface area contributed by atoms with Crippen LogP contribution in [-0.4, -0.2) is 37.7 Å². The Hall–Kier alpha value is -2.97. The smallest absolute Gasteiger partial charge is 0.340 e. The first-order chi connectivity index (χ1) is 11.8. The second kappa shape index (κ2) is 6.15. The van der Waals surface area contributed by atoms with Crippen LogP contribution in [0.4, 0.5) is 13.2 Å². The van der Waals surface area contributed by atoms with Crippen LogP contribution in [0.3, 0.4) is 0 Å². The Kier molecular flexibility index (Phi) is 4.15. The van der Waals surface area contributed by atoms with Crippen LogP contribution < -0.4 is 5.32 Å². The molecule has 1 N–H and O–H groups in total. The first-order valence-corrected chi connectivity index (χ1v) is 7.41. The SMILES string of the molecule is Cc1cc(-c2ccccn2)nc2c(C(=O)NC(C)C(F)(F)F)cnn12. The molecule has 0 saturated carbocycles. The van der Waals surface area contributed by atoms with Crippen molar-refractivity contribution < 1.29 is 18.0 Å². The zero-order chi connectivity index (χ0) is 18.2. The van der Waals surface area contributed by atoms with E-state index in [0.29, 0.717) is 17.1 Å². The number of alkyl halides is 3. The van der Waals surface area contributed by atoms with Gasteiger partial charge in [-0.25, -0.2) is 9.50 Å². The fourth-order valence-corrected chi connectivity index (χ4v) is 2.27. The monoisotopic (exact) mass is 349 g/mol. The van der Waals surface area contributed by atoms with Gasteiger partial charge in [0.15, 0.2) is 5.65 Å². The third kappa shape index (κ3) is 3.30. The van der Waals surface area contributed by atoms with E-state index in [1.165, 1.54) is 10.7 Å². The maximum atomic E-state index is 12.7. The molecule has 0 aliphatic heterocycles. The number of carbonyl (C=O) groups is 1. The lowest BCUT2D eigenvalue weighted by Crippen LogP contribution is -2.43. The molecule has 0 aliphatic carbocycles. The Labute approximate surface area is 140 Å². The highest BCUT2D eigenvalue weighted by Crippen LogP contribution is 2.22. The van der Waals surface area contributed by atoms with Crippen LogP contribution in [0.25, 0.3) is 17.0 Å². The van der Waals surface area contributed by atoms with Gasteiger partial charge in [-0.2, -0.15) is 18.3 Å². The van der Waals surface area contributed by atoms with Gasteiger partial charge in [0.1, 0.15) is 11.6 Å². The van der Waals surface area contributed by atoms with Gasteiger partial charge in [-0.15, -0.1) is 0 Å². The van der Waals surface area contributed by atoms with Crippen molar-refractivity contribution in [3.63, 3.8) is 0 Å². The molecule has 130 valence electrons. The number of aryl methyl sites for hydroxylation is 1. The Bertz CT molecular complexity index is 921. The number of amides is 1. The van der Waals surface area contributed by atoms with Gasteiger partial charge in [0, 0.05) is 11.9 Å². The van der Waals surface area contributed by atoms with E-state index in [-0.39, 0.29) is 11.2 Å². The Morgan fingerprint density at radius 1 is 1.28 bits per heavy atom. The third-order valence-corrected chi connectivity index (χ3v) is 3.66. The molecule has 3 rings (SSSR count). The molecular formula is C16H14F3N5O. The number of carbonyl (C=O) groups excluding carboxylic acids is 1. The van der Waals surface area contributed by atoms with Gasteiger partial charge in [-0.1, -0.05) is 6.07 Å². The molecule has 25 heavy (non-hydrogen) atoms. The van der Waals surface area contributed by atoms with E-state index >= 15 is 0 Å². The molecule has 0 radical (unpaired) electrons. The lowest BCUT2D eigenvalue weighted by atomic mass is 10.2. The van der Waals surface area contributed by atoms with Crippen LogP contribution in [0.15, 0.2) is 36.7 Å². The molecule has 0 saturated heterocycles. The second-order valence-electron chi connectivity index (χ2n) is 5.53. The molecule has 1 unspecified atom stereocenters. The number of pyridine rings is 1. The molecule has 6 nitrogen and oxygen atoms in total. The van der Waals surface area contributed by atoms with E-state index in [2.05, 4.69) is 15.1 Å². The second-order valence-corrected chi connectivity index (χ2v) is 5.53. The highest BCUT2D eigenvalue weighted by molar-refractivity contribution is 6.00. The van der Waals surface area contributed by atoms with E-state index < -0.39 is 18.1 Å². The number of fused-ring (bicyclic) bond motifs is 1. The fraction of sp³-hybridized carbons (Fsp3) is 0.250. The standard InChI is InChI=1S/C16H14F3N5O/c1-9-7-13(12-5-3-4-6-20-12)23-14-11(8-21-24(9)14)15(25)22-10(2)16(17,18)19/h3-8,10H,1-2H3,(H,22,25). The van der Waals surface area contributed by atoms with Gasteiger partial charge in [-0.3, -0.25) is 9.78 Å². The van der Waals surface area contributed by atoms with Crippen molar-refractivity contribution in [2.75, 3.05) is 0 Å². The Morgan fingerprint density at radius 2 is 2.04 bits per heavy atom. The molecule has 3 aromatic heterocycles. The number of nitrogens with one attached hydrogen (secondary N) is 1.